The van der Waals surface area contributed by atoms with Crippen molar-refractivity contribution in [2.45, 2.75) is 86.6 Å². The fraction of sp³-hybridized carbons (Fsp3) is 1.00. The van der Waals surface area contributed by atoms with Crippen molar-refractivity contribution in [2.75, 3.05) is 6.54 Å². The highest BCUT2D eigenvalue weighted by atomic mass is 14.9. The Morgan fingerprint density at radius 3 is 1.95 bits per heavy atom. The maximum absolute atomic E-state index is 3.71. The molecule has 114 valence electrons. The van der Waals surface area contributed by atoms with Crippen molar-refractivity contribution in [1.29, 1.82) is 0 Å². The summed E-state index contributed by atoms with van der Waals surface area (Å²) in [6.07, 6.45) is 7.09. The van der Waals surface area contributed by atoms with E-state index >= 15 is 0 Å². The average Bonchev–Trinajstić information content (AvgIpc) is 2.25. The SMILES string of the molecule is CC(C)CC1(CNC(C)C)CCC(C(C)(C)C)CC1. The zero-order valence-corrected chi connectivity index (χ0v) is 14.5. The number of hydrogen-bond acceptors (Lipinski definition) is 1. The minimum Gasteiger partial charge on any atom is -0.314 e. The summed E-state index contributed by atoms with van der Waals surface area (Å²) in [7, 11) is 0. The molecule has 1 aliphatic carbocycles. The molecule has 0 heterocycles. The highest BCUT2D eigenvalue weighted by Crippen LogP contribution is 2.47. The van der Waals surface area contributed by atoms with Crippen molar-refractivity contribution in [2.24, 2.45) is 22.7 Å². The van der Waals surface area contributed by atoms with Crippen LogP contribution in [0.4, 0.5) is 0 Å². The topological polar surface area (TPSA) is 12.0 Å². The zero-order valence-electron chi connectivity index (χ0n) is 14.5. The first-order valence-corrected chi connectivity index (χ1v) is 8.38. The fourth-order valence-corrected chi connectivity index (χ4v) is 3.84. The minimum atomic E-state index is 0.496. The fourth-order valence-electron chi connectivity index (χ4n) is 3.84. The van der Waals surface area contributed by atoms with Gasteiger partial charge in [-0.3, -0.25) is 0 Å². The Balaban J connectivity index is 2.63. The zero-order chi connectivity index (χ0) is 14.7. The summed E-state index contributed by atoms with van der Waals surface area (Å²) in [5.41, 5.74) is 1.07. The molecule has 0 aromatic rings. The smallest absolute Gasteiger partial charge is 0.00106 e. The monoisotopic (exact) mass is 267 g/mol. The van der Waals surface area contributed by atoms with E-state index in [1.165, 1.54) is 38.6 Å². The number of nitrogens with one attached hydrogen (secondary N) is 1. The van der Waals surface area contributed by atoms with E-state index in [0.29, 0.717) is 16.9 Å². The molecule has 0 atom stereocenters. The van der Waals surface area contributed by atoms with Gasteiger partial charge in [-0.05, 0) is 54.8 Å². The summed E-state index contributed by atoms with van der Waals surface area (Å²) in [6, 6.07) is 0.615. The van der Waals surface area contributed by atoms with Gasteiger partial charge >= 0.3 is 0 Å². The van der Waals surface area contributed by atoms with Gasteiger partial charge in [-0.15, -0.1) is 0 Å². The quantitative estimate of drug-likeness (QED) is 0.717. The maximum atomic E-state index is 3.71. The lowest BCUT2D eigenvalue weighted by atomic mass is 9.62. The lowest BCUT2D eigenvalue weighted by molar-refractivity contribution is 0.0686. The summed E-state index contributed by atoms with van der Waals surface area (Å²) in [6.45, 7) is 17.8. The molecule has 0 saturated heterocycles. The number of hydrogen-bond donors (Lipinski definition) is 1. The predicted octanol–water partition coefficient (Wildman–Crippen LogP) is 5.25. The molecule has 0 amide bonds. The third-order valence-corrected chi connectivity index (χ3v) is 5.00. The first kappa shape index (κ1) is 17.0. The molecule has 19 heavy (non-hydrogen) atoms. The van der Waals surface area contributed by atoms with Crippen LogP contribution >= 0.6 is 0 Å². The third-order valence-electron chi connectivity index (χ3n) is 5.00. The second-order valence-corrected chi connectivity index (χ2v) is 8.77. The average molecular weight is 268 g/mol. The van der Waals surface area contributed by atoms with Crippen molar-refractivity contribution < 1.29 is 0 Å². The molecular weight excluding hydrogens is 230 g/mol. The third kappa shape index (κ3) is 5.45. The van der Waals surface area contributed by atoms with Crippen LogP contribution in [0.2, 0.25) is 0 Å². The second kappa shape index (κ2) is 6.61. The van der Waals surface area contributed by atoms with Gasteiger partial charge in [-0.25, -0.2) is 0 Å². The van der Waals surface area contributed by atoms with Crippen LogP contribution in [-0.2, 0) is 0 Å². The summed E-state index contributed by atoms with van der Waals surface area (Å²) < 4.78 is 0. The Kier molecular flexibility index (Phi) is 5.92. The van der Waals surface area contributed by atoms with Gasteiger partial charge in [0.05, 0.1) is 0 Å². The van der Waals surface area contributed by atoms with Crippen LogP contribution in [0.5, 0.6) is 0 Å². The highest BCUT2D eigenvalue weighted by molar-refractivity contribution is 4.91. The van der Waals surface area contributed by atoms with Crippen LogP contribution in [0.15, 0.2) is 0 Å². The van der Waals surface area contributed by atoms with Crippen molar-refractivity contribution in [3.63, 3.8) is 0 Å². The van der Waals surface area contributed by atoms with E-state index < -0.39 is 0 Å². The Morgan fingerprint density at radius 1 is 1.05 bits per heavy atom. The Labute approximate surface area is 121 Å². The molecule has 1 aliphatic rings. The van der Waals surface area contributed by atoms with Crippen molar-refractivity contribution in [1.82, 2.24) is 5.32 Å². The van der Waals surface area contributed by atoms with Gasteiger partial charge in [0.25, 0.3) is 0 Å². The first-order chi connectivity index (χ1) is 8.65. The molecule has 1 heteroatoms. The standard InChI is InChI=1S/C18H37N/c1-14(2)12-18(13-19-15(3)4)10-8-16(9-11-18)17(5,6)7/h14-16,19H,8-13H2,1-7H3. The van der Waals surface area contributed by atoms with E-state index in [0.717, 1.165) is 11.8 Å². The summed E-state index contributed by atoms with van der Waals surface area (Å²) >= 11 is 0. The van der Waals surface area contributed by atoms with Gasteiger partial charge in [0, 0.05) is 12.6 Å². The van der Waals surface area contributed by atoms with E-state index in [9.17, 15) is 0 Å². The molecule has 0 bridgehead atoms. The van der Waals surface area contributed by atoms with Crippen LogP contribution in [-0.4, -0.2) is 12.6 Å². The van der Waals surface area contributed by atoms with Crippen LogP contribution in [0, 0.1) is 22.7 Å². The molecule has 0 aromatic heterocycles. The van der Waals surface area contributed by atoms with E-state index in [2.05, 4.69) is 53.8 Å². The Bertz CT molecular complexity index is 251. The van der Waals surface area contributed by atoms with Crippen LogP contribution in [0.3, 0.4) is 0 Å². The molecular formula is C18H37N. The van der Waals surface area contributed by atoms with Gasteiger partial charge < -0.3 is 5.32 Å². The molecule has 0 spiro atoms. The van der Waals surface area contributed by atoms with Gasteiger partial charge in [-0.1, -0.05) is 48.5 Å². The van der Waals surface area contributed by atoms with E-state index in [-0.39, 0.29) is 0 Å². The molecule has 0 aromatic carbocycles. The van der Waals surface area contributed by atoms with Gasteiger partial charge in [0.15, 0.2) is 0 Å². The van der Waals surface area contributed by atoms with Crippen molar-refractivity contribution in [3.05, 3.63) is 0 Å². The second-order valence-electron chi connectivity index (χ2n) is 8.77. The van der Waals surface area contributed by atoms with Gasteiger partial charge in [0.2, 0.25) is 0 Å². The first-order valence-electron chi connectivity index (χ1n) is 8.38. The molecule has 1 N–H and O–H groups in total. The van der Waals surface area contributed by atoms with E-state index in [1.54, 1.807) is 0 Å². The maximum Gasteiger partial charge on any atom is 0.00106 e. The number of rotatable bonds is 5. The summed E-state index contributed by atoms with van der Waals surface area (Å²) in [5.74, 6) is 1.74. The minimum absolute atomic E-state index is 0.496. The van der Waals surface area contributed by atoms with Crippen molar-refractivity contribution in [3.8, 4) is 0 Å². The van der Waals surface area contributed by atoms with Crippen molar-refractivity contribution >= 4 is 0 Å². The summed E-state index contributed by atoms with van der Waals surface area (Å²) in [5, 5.41) is 3.71. The molecule has 0 unspecified atom stereocenters. The Morgan fingerprint density at radius 2 is 1.58 bits per heavy atom. The van der Waals surface area contributed by atoms with E-state index in [4.69, 9.17) is 0 Å². The molecule has 1 fully saturated rings. The van der Waals surface area contributed by atoms with Crippen LogP contribution in [0.25, 0.3) is 0 Å². The van der Waals surface area contributed by atoms with Gasteiger partial charge in [0.1, 0.15) is 0 Å². The highest BCUT2D eigenvalue weighted by Gasteiger charge is 2.38. The molecule has 1 nitrogen and oxygen atoms in total. The normalized spacial score (nSPS) is 29.2. The molecule has 1 saturated carbocycles. The lowest BCUT2D eigenvalue weighted by Gasteiger charge is -2.45. The Hall–Kier alpha value is -0.0400. The summed E-state index contributed by atoms with van der Waals surface area (Å²) in [4.78, 5) is 0. The largest absolute Gasteiger partial charge is 0.314 e. The van der Waals surface area contributed by atoms with E-state index in [1.807, 2.05) is 0 Å². The molecule has 0 aliphatic heterocycles. The molecule has 1 rings (SSSR count). The molecule has 0 radical (unpaired) electrons. The van der Waals surface area contributed by atoms with Crippen LogP contribution < -0.4 is 5.32 Å². The lowest BCUT2D eigenvalue weighted by Crippen LogP contribution is -2.42. The van der Waals surface area contributed by atoms with Gasteiger partial charge in [-0.2, -0.15) is 0 Å². The van der Waals surface area contributed by atoms with Crippen LogP contribution in [0.1, 0.15) is 80.6 Å². The predicted molar refractivity (Wildman–Crippen MR) is 86.4 cm³/mol.